The van der Waals surface area contributed by atoms with Gasteiger partial charge in [0.25, 0.3) is 0 Å². The van der Waals surface area contributed by atoms with Crippen molar-refractivity contribution in [2.45, 2.75) is 52.4 Å². The number of rotatable bonds is 5. The Bertz CT molecular complexity index is 89.1. The first-order valence-corrected chi connectivity index (χ1v) is 5.62. The summed E-state index contributed by atoms with van der Waals surface area (Å²) in [6, 6.07) is 0. The molecule has 0 aliphatic rings. The summed E-state index contributed by atoms with van der Waals surface area (Å²) < 4.78 is 17.6. The van der Waals surface area contributed by atoms with E-state index in [1.54, 1.807) is 0 Å². The summed E-state index contributed by atoms with van der Waals surface area (Å²) in [4.78, 5) is 0. The minimum atomic E-state index is -2.36. The van der Waals surface area contributed by atoms with E-state index in [1.165, 1.54) is 38.5 Å². The van der Waals surface area contributed by atoms with Gasteiger partial charge in [0, 0.05) is 11.3 Å². The topological polar surface area (TPSA) is 66.2 Å². The summed E-state index contributed by atoms with van der Waals surface area (Å²) in [6.07, 6.45) is 8.49. The van der Waals surface area contributed by atoms with Gasteiger partial charge in [-0.15, -0.1) is 0 Å². The molecule has 0 heterocycles. The third-order valence-corrected chi connectivity index (χ3v) is 1.46. The van der Waals surface area contributed by atoms with E-state index in [2.05, 4.69) is 19.0 Å². The molecule has 0 aromatic rings. The molecule has 2 N–H and O–H groups in total. The van der Waals surface area contributed by atoms with Crippen molar-refractivity contribution in [1.82, 2.24) is 0 Å². The first-order valence-electron chi connectivity index (χ1n) is 4.48. The maximum atomic E-state index is 8.78. The first-order chi connectivity index (χ1) is 5.65. The average Bonchev–Trinajstić information content (AvgIpc) is 1.97. The van der Waals surface area contributed by atoms with Gasteiger partial charge in [-0.2, -0.15) is 0 Å². The predicted octanol–water partition coefficient (Wildman–Crippen LogP) is 2.11. The zero-order valence-corrected chi connectivity index (χ0v) is 8.86. The van der Waals surface area contributed by atoms with Gasteiger partial charge in [-0.1, -0.05) is 52.4 Å². The highest BCUT2D eigenvalue weighted by Crippen LogP contribution is 2.03. The molecule has 0 radical (unpaired) electrons. The standard InChI is InChI=1S/C8H18.H3NO2S/c1-3-5-7-8-6-4-2;1-4(2)3/h3-8H2,1-2H3;1H2,(H,2,3)/p-1. The Kier molecular flexibility index (Phi) is 16.6. The first kappa shape index (κ1) is 14.6. The third kappa shape index (κ3) is 32.2. The molecule has 76 valence electrons. The van der Waals surface area contributed by atoms with Crippen molar-refractivity contribution >= 4 is 11.3 Å². The van der Waals surface area contributed by atoms with Gasteiger partial charge >= 0.3 is 0 Å². The third-order valence-electron chi connectivity index (χ3n) is 1.46. The summed E-state index contributed by atoms with van der Waals surface area (Å²) in [5.41, 5.74) is 0. The molecule has 0 fully saturated rings. The molecule has 0 saturated heterocycles. The molecule has 0 aromatic heterocycles. The van der Waals surface area contributed by atoms with E-state index < -0.39 is 11.3 Å². The highest BCUT2D eigenvalue weighted by atomic mass is 32.2. The van der Waals surface area contributed by atoms with Crippen molar-refractivity contribution in [2.24, 2.45) is 5.14 Å². The molecule has 4 heteroatoms. The summed E-state index contributed by atoms with van der Waals surface area (Å²) in [7, 11) is 0. The lowest BCUT2D eigenvalue weighted by atomic mass is 10.1. The summed E-state index contributed by atoms with van der Waals surface area (Å²) in [5, 5.41) is 4.03. The molecule has 0 bridgehead atoms. The Morgan fingerprint density at radius 2 is 1.33 bits per heavy atom. The number of hydrogen-bond donors (Lipinski definition) is 1. The minimum absolute atomic E-state index is 1.36. The van der Waals surface area contributed by atoms with Crippen LogP contribution < -0.4 is 5.14 Å². The van der Waals surface area contributed by atoms with Crippen LogP contribution in [0, 0.1) is 0 Å². The van der Waals surface area contributed by atoms with Crippen LogP contribution in [0.4, 0.5) is 0 Å². The Labute approximate surface area is 78.2 Å². The number of unbranched alkanes of at least 4 members (excludes halogenated alkanes) is 5. The van der Waals surface area contributed by atoms with Gasteiger partial charge in [-0.25, -0.2) is 0 Å². The number of nitrogens with two attached hydrogens (primary N) is 1. The van der Waals surface area contributed by atoms with Crippen molar-refractivity contribution < 1.29 is 8.76 Å². The van der Waals surface area contributed by atoms with Crippen molar-refractivity contribution in [3.63, 3.8) is 0 Å². The van der Waals surface area contributed by atoms with Crippen LogP contribution in [0.15, 0.2) is 0 Å². The lowest BCUT2D eigenvalue weighted by molar-refractivity contribution is 0.539. The molecular weight excluding hydrogens is 174 g/mol. The van der Waals surface area contributed by atoms with Gasteiger partial charge < -0.3 is 4.55 Å². The monoisotopic (exact) mass is 194 g/mol. The van der Waals surface area contributed by atoms with Crippen LogP contribution in [0.2, 0.25) is 0 Å². The van der Waals surface area contributed by atoms with Gasteiger partial charge in [0.2, 0.25) is 0 Å². The van der Waals surface area contributed by atoms with Crippen molar-refractivity contribution in [3.05, 3.63) is 0 Å². The van der Waals surface area contributed by atoms with Gasteiger partial charge in [-0.05, 0) is 0 Å². The highest BCUT2D eigenvalue weighted by Gasteiger charge is 1.83. The van der Waals surface area contributed by atoms with E-state index in [1.807, 2.05) is 0 Å². The molecule has 0 rings (SSSR count). The number of hydrogen-bond acceptors (Lipinski definition) is 2. The van der Waals surface area contributed by atoms with Gasteiger partial charge in [0.1, 0.15) is 0 Å². The minimum Gasteiger partial charge on any atom is -0.760 e. The largest absolute Gasteiger partial charge is 0.760 e. The Morgan fingerprint density at radius 1 is 1.08 bits per heavy atom. The van der Waals surface area contributed by atoms with E-state index in [4.69, 9.17) is 8.76 Å². The van der Waals surface area contributed by atoms with Crippen LogP contribution >= 0.6 is 0 Å². The maximum absolute atomic E-state index is 8.78. The molecule has 3 nitrogen and oxygen atoms in total. The average molecular weight is 194 g/mol. The Morgan fingerprint density at radius 3 is 1.50 bits per heavy atom. The van der Waals surface area contributed by atoms with E-state index >= 15 is 0 Å². The summed E-state index contributed by atoms with van der Waals surface area (Å²) in [6.45, 7) is 4.51. The molecule has 0 aliphatic heterocycles. The van der Waals surface area contributed by atoms with E-state index in [0.717, 1.165) is 0 Å². The molecule has 0 amide bonds. The fraction of sp³-hybridized carbons (Fsp3) is 1.00. The fourth-order valence-corrected chi connectivity index (χ4v) is 0.854. The lowest BCUT2D eigenvalue weighted by Crippen LogP contribution is -1.97. The van der Waals surface area contributed by atoms with Crippen molar-refractivity contribution in [2.75, 3.05) is 0 Å². The highest BCUT2D eigenvalue weighted by molar-refractivity contribution is 7.76. The molecule has 12 heavy (non-hydrogen) atoms. The molecule has 0 aliphatic carbocycles. The summed E-state index contributed by atoms with van der Waals surface area (Å²) in [5.74, 6) is 0. The second-order valence-corrected chi connectivity index (χ2v) is 3.20. The van der Waals surface area contributed by atoms with E-state index in [-0.39, 0.29) is 0 Å². The van der Waals surface area contributed by atoms with Crippen LogP contribution in [0.25, 0.3) is 0 Å². The molecular formula is C8H20NO2S-. The molecule has 0 aromatic carbocycles. The summed E-state index contributed by atoms with van der Waals surface area (Å²) >= 11 is -2.36. The van der Waals surface area contributed by atoms with Crippen LogP contribution in [-0.4, -0.2) is 8.76 Å². The van der Waals surface area contributed by atoms with Gasteiger partial charge in [0.15, 0.2) is 0 Å². The lowest BCUT2D eigenvalue weighted by Gasteiger charge is -1.93. The van der Waals surface area contributed by atoms with E-state index in [9.17, 15) is 0 Å². The van der Waals surface area contributed by atoms with Crippen LogP contribution in [0.1, 0.15) is 52.4 Å². The molecule has 1 unspecified atom stereocenters. The van der Waals surface area contributed by atoms with Crippen LogP contribution in [-0.2, 0) is 11.3 Å². The Hall–Kier alpha value is 0.0700. The zero-order valence-electron chi connectivity index (χ0n) is 8.04. The van der Waals surface area contributed by atoms with Gasteiger partial charge in [0.05, 0.1) is 0 Å². The van der Waals surface area contributed by atoms with Crippen LogP contribution in [0.5, 0.6) is 0 Å². The van der Waals surface area contributed by atoms with Gasteiger partial charge in [-0.3, -0.25) is 9.35 Å². The van der Waals surface area contributed by atoms with Crippen molar-refractivity contribution in [1.29, 1.82) is 0 Å². The maximum Gasteiger partial charge on any atom is 0.0152 e. The molecule has 1 atom stereocenters. The normalized spacial score (nSPS) is 11.7. The molecule has 0 spiro atoms. The molecule has 0 saturated carbocycles. The predicted molar refractivity (Wildman–Crippen MR) is 52.2 cm³/mol. The quantitative estimate of drug-likeness (QED) is 0.538. The SMILES string of the molecule is CCCCCCCC.NS(=O)[O-]. The second-order valence-electron chi connectivity index (χ2n) is 2.67. The Balaban J connectivity index is 0. The van der Waals surface area contributed by atoms with Crippen LogP contribution in [0.3, 0.4) is 0 Å². The fourth-order valence-electron chi connectivity index (χ4n) is 0.854. The van der Waals surface area contributed by atoms with Crippen molar-refractivity contribution in [3.8, 4) is 0 Å². The smallest absolute Gasteiger partial charge is 0.0152 e. The second kappa shape index (κ2) is 13.6. The zero-order chi connectivity index (χ0) is 9.82. The van der Waals surface area contributed by atoms with E-state index in [0.29, 0.717) is 0 Å².